The van der Waals surface area contributed by atoms with E-state index < -0.39 is 21.3 Å². The number of ether oxygens (including phenoxy) is 1. The van der Waals surface area contributed by atoms with Crippen molar-refractivity contribution in [1.82, 2.24) is 9.37 Å². The molecule has 1 saturated heterocycles. The van der Waals surface area contributed by atoms with Gasteiger partial charge in [-0.15, -0.1) is 0 Å². The quantitative estimate of drug-likeness (QED) is 0.584. The van der Waals surface area contributed by atoms with E-state index in [1.807, 2.05) is 72.8 Å². The van der Waals surface area contributed by atoms with Crippen LogP contribution in [0.3, 0.4) is 0 Å². The number of sulfonamides is 1. The van der Waals surface area contributed by atoms with Crippen molar-refractivity contribution in [2.45, 2.75) is 24.3 Å². The molecule has 7 heteroatoms. The van der Waals surface area contributed by atoms with Gasteiger partial charge in [0.25, 0.3) is 0 Å². The summed E-state index contributed by atoms with van der Waals surface area (Å²) in [4.78, 5) is 5.72. The second-order valence-electron chi connectivity index (χ2n) is 8.21. The number of rotatable bonds is 5. The maximum absolute atomic E-state index is 13.7. The molecule has 0 bridgehead atoms. The van der Waals surface area contributed by atoms with Crippen molar-refractivity contribution >= 4 is 10.0 Å². The molecule has 2 atom stereocenters. The number of benzene rings is 3. The van der Waals surface area contributed by atoms with E-state index in [0.717, 1.165) is 23.3 Å². The van der Waals surface area contributed by atoms with Gasteiger partial charge in [-0.3, -0.25) is 4.84 Å². The minimum atomic E-state index is -3.58. The third kappa shape index (κ3) is 4.04. The molecule has 2 aliphatic heterocycles. The molecule has 0 aliphatic carbocycles. The largest absolute Gasteiger partial charge is 0.457 e. The molecule has 1 fully saturated rings. The molecule has 2 aliphatic rings. The van der Waals surface area contributed by atoms with Crippen LogP contribution in [0, 0.1) is 0 Å². The van der Waals surface area contributed by atoms with E-state index in [2.05, 4.69) is 6.07 Å². The Morgan fingerprint density at radius 1 is 0.906 bits per heavy atom. The molecule has 3 aromatic carbocycles. The minimum absolute atomic E-state index is 0.130. The van der Waals surface area contributed by atoms with E-state index >= 15 is 0 Å². The van der Waals surface area contributed by atoms with Gasteiger partial charge < -0.3 is 4.74 Å². The molecule has 0 saturated carbocycles. The van der Waals surface area contributed by atoms with E-state index in [1.165, 1.54) is 5.56 Å². The first-order chi connectivity index (χ1) is 15.5. The summed E-state index contributed by atoms with van der Waals surface area (Å²) in [6.07, 6.45) is 0.726. The van der Waals surface area contributed by atoms with Crippen LogP contribution in [-0.2, 0) is 27.8 Å². The Kier molecular flexibility index (Phi) is 5.73. The molecule has 0 aromatic heterocycles. The molecule has 2 heterocycles. The molecular weight excluding hydrogens is 424 g/mol. The fourth-order valence-corrected chi connectivity index (χ4v) is 6.47. The second kappa shape index (κ2) is 8.67. The van der Waals surface area contributed by atoms with Crippen LogP contribution in [0.5, 0.6) is 11.5 Å². The van der Waals surface area contributed by atoms with E-state index in [1.54, 1.807) is 16.4 Å². The highest BCUT2D eigenvalue weighted by molar-refractivity contribution is 7.89. The van der Waals surface area contributed by atoms with Crippen LogP contribution in [0.4, 0.5) is 0 Å². The smallest absolute Gasteiger partial charge is 0.221 e. The summed E-state index contributed by atoms with van der Waals surface area (Å²) in [5, 5.41) is 0.964. The highest BCUT2D eigenvalue weighted by atomic mass is 32.2. The maximum Gasteiger partial charge on any atom is 0.221 e. The topological polar surface area (TPSA) is 59.1 Å². The van der Waals surface area contributed by atoms with E-state index in [4.69, 9.17) is 9.57 Å². The predicted octanol–water partition coefficient (Wildman–Crippen LogP) is 4.15. The average Bonchev–Trinajstić information content (AvgIpc) is 3.22. The molecule has 32 heavy (non-hydrogen) atoms. The molecule has 0 radical (unpaired) electrons. The third-order valence-electron chi connectivity index (χ3n) is 6.20. The van der Waals surface area contributed by atoms with Crippen LogP contribution >= 0.6 is 0 Å². The van der Waals surface area contributed by atoms with Gasteiger partial charge in [0, 0.05) is 20.1 Å². The summed E-state index contributed by atoms with van der Waals surface area (Å²) in [5.41, 5.74) is 3.15. The summed E-state index contributed by atoms with van der Waals surface area (Å²) in [6.45, 7) is 1.03. The van der Waals surface area contributed by atoms with Gasteiger partial charge in [-0.25, -0.2) is 8.42 Å². The van der Waals surface area contributed by atoms with Gasteiger partial charge in [0.15, 0.2) is 0 Å². The van der Waals surface area contributed by atoms with Crippen LogP contribution < -0.4 is 4.74 Å². The van der Waals surface area contributed by atoms with Gasteiger partial charge in [0.1, 0.15) is 16.7 Å². The fraction of sp³-hybridized carbons (Fsp3) is 0.280. The average molecular weight is 451 g/mol. The Balaban J connectivity index is 1.41. The fourth-order valence-electron chi connectivity index (χ4n) is 4.54. The van der Waals surface area contributed by atoms with Gasteiger partial charge in [-0.05, 0) is 47.4 Å². The number of hydrogen-bond acceptors (Lipinski definition) is 5. The summed E-state index contributed by atoms with van der Waals surface area (Å²) in [6, 6.07) is 24.8. The Bertz CT molecular complexity index is 1200. The second-order valence-corrected chi connectivity index (χ2v) is 10.4. The third-order valence-corrected chi connectivity index (χ3v) is 8.39. The first-order valence-electron chi connectivity index (χ1n) is 10.8. The van der Waals surface area contributed by atoms with Crippen LogP contribution in [0.25, 0.3) is 0 Å². The predicted molar refractivity (Wildman–Crippen MR) is 123 cm³/mol. The van der Waals surface area contributed by atoms with Crippen molar-refractivity contribution in [1.29, 1.82) is 0 Å². The van der Waals surface area contributed by atoms with Crippen LogP contribution in [-0.4, -0.2) is 43.2 Å². The van der Waals surface area contributed by atoms with Gasteiger partial charge in [0.05, 0.1) is 12.6 Å². The Hall–Kier alpha value is -2.71. The lowest BCUT2D eigenvalue weighted by atomic mass is 10.0. The van der Waals surface area contributed by atoms with Crippen molar-refractivity contribution in [3.05, 3.63) is 95.6 Å². The molecule has 0 amide bonds. The van der Waals surface area contributed by atoms with Gasteiger partial charge in [-0.1, -0.05) is 54.6 Å². The number of hydroxylamine groups is 2. The van der Waals surface area contributed by atoms with Crippen molar-refractivity contribution in [3.63, 3.8) is 0 Å². The zero-order chi connectivity index (χ0) is 22.1. The highest BCUT2D eigenvalue weighted by Gasteiger charge is 2.46. The summed E-state index contributed by atoms with van der Waals surface area (Å²) >= 11 is 0. The van der Waals surface area contributed by atoms with Gasteiger partial charge >= 0.3 is 0 Å². The zero-order valence-corrected chi connectivity index (χ0v) is 18.7. The summed E-state index contributed by atoms with van der Waals surface area (Å²) in [5.74, 6) is 1.40. The molecular formula is C25H26N2O4S. The van der Waals surface area contributed by atoms with Crippen LogP contribution in [0.1, 0.15) is 22.7 Å². The molecule has 3 aromatic rings. The molecule has 166 valence electrons. The molecule has 0 spiro atoms. The number of fused-ring (bicyclic) bond motifs is 1. The lowest BCUT2D eigenvalue weighted by Crippen LogP contribution is -2.44. The number of hydrogen-bond donors (Lipinski definition) is 0. The van der Waals surface area contributed by atoms with Crippen molar-refractivity contribution in [2.24, 2.45) is 0 Å². The van der Waals surface area contributed by atoms with E-state index in [-0.39, 0.29) is 6.61 Å². The summed E-state index contributed by atoms with van der Waals surface area (Å²) in [7, 11) is -1.79. The number of para-hydroxylation sites is 1. The minimum Gasteiger partial charge on any atom is -0.457 e. The van der Waals surface area contributed by atoms with Gasteiger partial charge in [0.2, 0.25) is 10.0 Å². The van der Waals surface area contributed by atoms with E-state index in [0.29, 0.717) is 18.8 Å². The lowest BCUT2D eigenvalue weighted by Gasteiger charge is -2.32. The zero-order valence-electron chi connectivity index (χ0n) is 17.9. The van der Waals surface area contributed by atoms with Crippen LogP contribution in [0.15, 0.2) is 78.9 Å². The maximum atomic E-state index is 13.7. The highest BCUT2D eigenvalue weighted by Crippen LogP contribution is 2.37. The number of nitrogens with zero attached hydrogens (tertiary/aromatic N) is 2. The lowest BCUT2D eigenvalue weighted by molar-refractivity contribution is -0.110. The van der Waals surface area contributed by atoms with Gasteiger partial charge in [-0.2, -0.15) is 9.37 Å². The molecule has 0 unspecified atom stereocenters. The SMILES string of the molecule is CN1OC[C@H](S(=O)(=O)N2CCc3ccccc3C2)[C@@H]1c1cccc(Oc2ccccc2)c1. The van der Waals surface area contributed by atoms with Crippen LogP contribution in [0.2, 0.25) is 0 Å². The standard InChI is InChI=1S/C25H26N2O4S/c1-26-25(20-10-7-13-23(16-20)31-22-11-3-2-4-12-22)24(18-30-26)32(28,29)27-15-14-19-8-5-6-9-21(19)17-27/h2-13,16,24-25H,14-15,17-18H2,1H3/t24-,25-/m0/s1. The normalized spacial score (nSPS) is 21.9. The van der Waals surface area contributed by atoms with Crippen molar-refractivity contribution in [2.75, 3.05) is 20.2 Å². The molecule has 5 rings (SSSR count). The monoisotopic (exact) mass is 450 g/mol. The van der Waals surface area contributed by atoms with Crippen molar-refractivity contribution < 1.29 is 18.0 Å². The Morgan fingerprint density at radius 3 is 2.44 bits per heavy atom. The van der Waals surface area contributed by atoms with E-state index in [9.17, 15) is 8.42 Å². The molecule has 6 nitrogen and oxygen atoms in total. The Morgan fingerprint density at radius 2 is 1.62 bits per heavy atom. The summed E-state index contributed by atoms with van der Waals surface area (Å²) < 4.78 is 35.0. The first kappa shape index (κ1) is 21.2. The molecule has 0 N–H and O–H groups in total. The Labute approximate surface area is 189 Å². The van der Waals surface area contributed by atoms with Crippen molar-refractivity contribution in [3.8, 4) is 11.5 Å². The first-order valence-corrected chi connectivity index (χ1v) is 12.3.